The van der Waals surface area contributed by atoms with Crippen molar-refractivity contribution in [2.75, 3.05) is 13.1 Å². The summed E-state index contributed by atoms with van der Waals surface area (Å²) in [6.45, 7) is 6.06. The lowest BCUT2D eigenvalue weighted by Gasteiger charge is -2.17. The number of benzene rings is 1. The maximum absolute atomic E-state index is 12.1. The minimum absolute atomic E-state index is 0.0153. The van der Waals surface area contributed by atoms with E-state index in [0.717, 1.165) is 10.4 Å². The van der Waals surface area contributed by atoms with Crippen molar-refractivity contribution in [3.8, 4) is 11.4 Å². The molecule has 0 saturated carbocycles. The van der Waals surface area contributed by atoms with E-state index in [-0.39, 0.29) is 5.91 Å². The lowest BCUT2D eigenvalue weighted by molar-refractivity contribution is -0.122. The molecule has 6 nitrogen and oxygen atoms in total. The summed E-state index contributed by atoms with van der Waals surface area (Å²) in [5.41, 5.74) is 2.10. The molecule has 0 saturated heterocycles. The van der Waals surface area contributed by atoms with Crippen molar-refractivity contribution >= 4 is 17.2 Å². The number of amides is 1. The predicted molar refractivity (Wildman–Crippen MR) is 102 cm³/mol. The zero-order valence-electron chi connectivity index (χ0n) is 14.9. The fourth-order valence-electron chi connectivity index (χ4n) is 2.47. The van der Waals surface area contributed by atoms with Gasteiger partial charge in [-0.3, -0.25) is 9.69 Å². The number of aromatic nitrogens is 2. The number of nitrogens with one attached hydrogen (secondary N) is 1. The first-order valence-corrected chi connectivity index (χ1v) is 9.43. The van der Waals surface area contributed by atoms with Gasteiger partial charge in [0.2, 0.25) is 17.6 Å². The Hall–Kier alpha value is -2.51. The van der Waals surface area contributed by atoms with Crippen LogP contribution < -0.4 is 5.32 Å². The van der Waals surface area contributed by atoms with Crippen LogP contribution in [0.2, 0.25) is 0 Å². The Labute approximate surface area is 156 Å². The van der Waals surface area contributed by atoms with Gasteiger partial charge < -0.3 is 9.84 Å². The lowest BCUT2D eigenvalue weighted by Crippen LogP contribution is -2.36. The summed E-state index contributed by atoms with van der Waals surface area (Å²) in [7, 11) is 0. The molecule has 0 bridgehead atoms. The smallest absolute Gasteiger partial charge is 0.241 e. The predicted octanol–water partition coefficient (Wildman–Crippen LogP) is 3.24. The SMILES string of the molecule is CCN(CC(=O)NCc1cccs1)Cc1nc(-c2ccc(C)cc2)no1. The lowest BCUT2D eigenvalue weighted by atomic mass is 10.1. The molecule has 136 valence electrons. The highest BCUT2D eigenvalue weighted by Gasteiger charge is 2.15. The van der Waals surface area contributed by atoms with Gasteiger partial charge >= 0.3 is 0 Å². The van der Waals surface area contributed by atoms with Crippen LogP contribution in [-0.2, 0) is 17.9 Å². The van der Waals surface area contributed by atoms with E-state index in [1.807, 2.05) is 60.5 Å². The van der Waals surface area contributed by atoms with Crippen LogP contribution in [0.1, 0.15) is 23.3 Å². The van der Waals surface area contributed by atoms with E-state index in [1.54, 1.807) is 11.3 Å². The zero-order valence-corrected chi connectivity index (χ0v) is 15.8. The minimum Gasteiger partial charge on any atom is -0.350 e. The van der Waals surface area contributed by atoms with Gasteiger partial charge in [-0.15, -0.1) is 11.3 Å². The third kappa shape index (κ3) is 5.00. The number of carbonyl (C=O) groups is 1. The van der Waals surface area contributed by atoms with Crippen LogP contribution in [0.4, 0.5) is 0 Å². The maximum Gasteiger partial charge on any atom is 0.241 e. The van der Waals surface area contributed by atoms with Crippen LogP contribution in [0.5, 0.6) is 0 Å². The summed E-state index contributed by atoms with van der Waals surface area (Å²) in [5.74, 6) is 1.06. The largest absolute Gasteiger partial charge is 0.350 e. The van der Waals surface area contributed by atoms with Crippen LogP contribution in [0.15, 0.2) is 46.3 Å². The molecule has 2 heterocycles. The van der Waals surface area contributed by atoms with E-state index in [9.17, 15) is 4.79 Å². The average molecular weight is 370 g/mol. The molecule has 0 spiro atoms. The van der Waals surface area contributed by atoms with Gasteiger partial charge in [0.05, 0.1) is 19.6 Å². The molecule has 0 aliphatic carbocycles. The topological polar surface area (TPSA) is 71.3 Å². The first-order valence-electron chi connectivity index (χ1n) is 8.55. The number of rotatable bonds is 8. The number of hydrogen-bond acceptors (Lipinski definition) is 6. The highest BCUT2D eigenvalue weighted by atomic mass is 32.1. The molecule has 0 unspecified atom stereocenters. The Morgan fingerprint density at radius 3 is 2.77 bits per heavy atom. The molecule has 1 amide bonds. The molecule has 2 aromatic heterocycles. The number of likely N-dealkylation sites (N-methyl/N-ethyl adjacent to an activating group) is 1. The third-order valence-corrected chi connectivity index (χ3v) is 4.87. The van der Waals surface area contributed by atoms with Gasteiger partial charge in [-0.2, -0.15) is 4.98 Å². The number of aryl methyl sites for hydroxylation is 1. The molecule has 7 heteroatoms. The van der Waals surface area contributed by atoms with Gasteiger partial charge in [0.1, 0.15) is 0 Å². The molecule has 3 aromatic rings. The Kier molecular flexibility index (Phi) is 6.14. The third-order valence-electron chi connectivity index (χ3n) is 3.99. The van der Waals surface area contributed by atoms with E-state index in [2.05, 4.69) is 15.5 Å². The molecule has 1 aromatic carbocycles. The number of carbonyl (C=O) groups excluding carboxylic acids is 1. The van der Waals surface area contributed by atoms with Crippen molar-refractivity contribution in [1.82, 2.24) is 20.4 Å². The quantitative estimate of drug-likeness (QED) is 0.659. The number of hydrogen-bond donors (Lipinski definition) is 1. The van der Waals surface area contributed by atoms with Crippen molar-refractivity contribution in [2.24, 2.45) is 0 Å². The first-order chi connectivity index (χ1) is 12.6. The molecule has 0 aliphatic rings. The average Bonchev–Trinajstić information content (AvgIpc) is 3.32. The second kappa shape index (κ2) is 8.73. The number of thiophene rings is 1. The summed E-state index contributed by atoms with van der Waals surface area (Å²) >= 11 is 1.63. The normalized spacial score (nSPS) is 11.0. The minimum atomic E-state index is -0.0153. The summed E-state index contributed by atoms with van der Waals surface area (Å²) in [4.78, 5) is 19.7. The highest BCUT2D eigenvalue weighted by Crippen LogP contribution is 2.17. The van der Waals surface area contributed by atoms with Crippen LogP contribution in [0, 0.1) is 6.92 Å². The Bertz CT molecular complexity index is 828. The standard InChI is InChI=1S/C19H22N4O2S/c1-3-23(12-17(24)20-11-16-5-4-10-26-16)13-18-21-19(22-25-18)15-8-6-14(2)7-9-15/h4-10H,3,11-13H2,1-2H3,(H,20,24). The Morgan fingerprint density at radius 1 is 1.27 bits per heavy atom. The number of nitrogens with zero attached hydrogens (tertiary/aromatic N) is 3. The van der Waals surface area contributed by atoms with E-state index in [4.69, 9.17) is 4.52 Å². The van der Waals surface area contributed by atoms with Gasteiger partial charge in [0, 0.05) is 10.4 Å². The summed E-state index contributed by atoms with van der Waals surface area (Å²) in [6, 6.07) is 12.0. The van der Waals surface area contributed by atoms with Crippen molar-refractivity contribution in [2.45, 2.75) is 26.9 Å². The van der Waals surface area contributed by atoms with Crippen molar-refractivity contribution in [1.29, 1.82) is 0 Å². The Balaban J connectivity index is 1.54. The van der Waals surface area contributed by atoms with E-state index in [0.29, 0.717) is 37.9 Å². The summed E-state index contributed by atoms with van der Waals surface area (Å²) in [5, 5.41) is 8.98. The molecule has 1 N–H and O–H groups in total. The van der Waals surface area contributed by atoms with Gasteiger partial charge in [-0.1, -0.05) is 48.0 Å². The first kappa shape index (κ1) is 18.3. The van der Waals surface area contributed by atoms with Crippen LogP contribution in [-0.4, -0.2) is 34.0 Å². The Morgan fingerprint density at radius 2 is 2.08 bits per heavy atom. The molecule has 3 rings (SSSR count). The van der Waals surface area contributed by atoms with Crippen LogP contribution in [0.3, 0.4) is 0 Å². The molecule has 0 radical (unpaired) electrons. The maximum atomic E-state index is 12.1. The summed E-state index contributed by atoms with van der Waals surface area (Å²) < 4.78 is 5.35. The molecule has 0 fully saturated rings. The molecular formula is C19H22N4O2S. The fraction of sp³-hybridized carbons (Fsp3) is 0.316. The van der Waals surface area contributed by atoms with Gasteiger partial charge in [-0.25, -0.2) is 0 Å². The van der Waals surface area contributed by atoms with Crippen molar-refractivity contribution in [3.05, 3.63) is 58.1 Å². The van der Waals surface area contributed by atoms with Crippen molar-refractivity contribution < 1.29 is 9.32 Å². The highest BCUT2D eigenvalue weighted by molar-refractivity contribution is 7.09. The van der Waals surface area contributed by atoms with Crippen LogP contribution >= 0.6 is 11.3 Å². The van der Waals surface area contributed by atoms with Crippen LogP contribution in [0.25, 0.3) is 11.4 Å². The van der Waals surface area contributed by atoms with Gasteiger partial charge in [0.25, 0.3) is 0 Å². The monoisotopic (exact) mass is 370 g/mol. The molecular weight excluding hydrogens is 348 g/mol. The molecule has 0 aliphatic heterocycles. The van der Waals surface area contributed by atoms with Gasteiger partial charge in [-0.05, 0) is 24.9 Å². The van der Waals surface area contributed by atoms with Crippen molar-refractivity contribution in [3.63, 3.8) is 0 Å². The summed E-state index contributed by atoms with van der Waals surface area (Å²) in [6.07, 6.45) is 0. The van der Waals surface area contributed by atoms with E-state index < -0.39 is 0 Å². The molecule has 0 atom stereocenters. The molecule has 26 heavy (non-hydrogen) atoms. The fourth-order valence-corrected chi connectivity index (χ4v) is 3.11. The van der Waals surface area contributed by atoms with E-state index >= 15 is 0 Å². The zero-order chi connectivity index (χ0) is 18.4. The van der Waals surface area contributed by atoms with Gasteiger partial charge in [0.15, 0.2) is 0 Å². The second-order valence-electron chi connectivity index (χ2n) is 6.04. The van der Waals surface area contributed by atoms with E-state index in [1.165, 1.54) is 5.56 Å². The second-order valence-corrected chi connectivity index (χ2v) is 7.07.